The molecular formula is C10H8BrClN2O2. The largest absolute Gasteiger partial charge is 0.328 e. The fourth-order valence-electron chi connectivity index (χ4n) is 1.49. The minimum atomic E-state index is -0.434. The Morgan fingerprint density at radius 2 is 2.12 bits per heavy atom. The third-order valence-corrected chi connectivity index (χ3v) is 3.56. The van der Waals surface area contributed by atoms with Gasteiger partial charge in [0, 0.05) is 17.4 Å². The van der Waals surface area contributed by atoms with Crippen molar-refractivity contribution >= 4 is 45.2 Å². The van der Waals surface area contributed by atoms with Crippen LogP contribution < -0.4 is 10.2 Å². The number of urea groups is 1. The zero-order valence-electron chi connectivity index (χ0n) is 8.17. The van der Waals surface area contributed by atoms with E-state index in [0.29, 0.717) is 17.3 Å². The summed E-state index contributed by atoms with van der Waals surface area (Å²) in [5, 5.41) is 2.71. The molecule has 16 heavy (non-hydrogen) atoms. The Labute approximate surface area is 106 Å². The van der Waals surface area contributed by atoms with Crippen molar-refractivity contribution in [1.29, 1.82) is 0 Å². The van der Waals surface area contributed by atoms with Gasteiger partial charge in [-0.15, -0.1) is 0 Å². The molecule has 1 aliphatic rings. The van der Waals surface area contributed by atoms with Crippen LogP contribution in [0.1, 0.15) is 6.42 Å². The number of hydrogen-bond acceptors (Lipinski definition) is 2. The maximum atomic E-state index is 11.6. The summed E-state index contributed by atoms with van der Waals surface area (Å²) in [6, 6.07) is 4.88. The molecule has 1 fully saturated rings. The van der Waals surface area contributed by atoms with Crippen LogP contribution in [0.5, 0.6) is 0 Å². The minimum absolute atomic E-state index is 0.257. The summed E-state index contributed by atoms with van der Waals surface area (Å²) in [5.74, 6) is -0.257. The second-order valence-electron chi connectivity index (χ2n) is 3.33. The van der Waals surface area contributed by atoms with Crippen LogP contribution in [0.3, 0.4) is 0 Å². The number of benzene rings is 1. The first-order chi connectivity index (χ1) is 7.59. The summed E-state index contributed by atoms with van der Waals surface area (Å²) in [5.41, 5.74) is 0.598. The summed E-state index contributed by atoms with van der Waals surface area (Å²) in [6.07, 6.45) is 0.286. The molecule has 0 bridgehead atoms. The van der Waals surface area contributed by atoms with E-state index in [-0.39, 0.29) is 12.3 Å². The second kappa shape index (κ2) is 4.43. The Bertz CT molecular complexity index is 464. The number of nitrogens with one attached hydrogen (secondary N) is 1. The summed E-state index contributed by atoms with van der Waals surface area (Å²) in [4.78, 5) is 24.0. The van der Waals surface area contributed by atoms with Gasteiger partial charge in [-0.1, -0.05) is 17.7 Å². The van der Waals surface area contributed by atoms with E-state index in [1.807, 2.05) is 0 Å². The normalized spacial score (nSPS) is 16.2. The van der Waals surface area contributed by atoms with Gasteiger partial charge in [-0.2, -0.15) is 0 Å². The lowest BCUT2D eigenvalue weighted by Crippen LogP contribution is -2.49. The third-order valence-electron chi connectivity index (χ3n) is 2.28. The van der Waals surface area contributed by atoms with E-state index in [2.05, 4.69) is 21.2 Å². The Morgan fingerprint density at radius 1 is 1.38 bits per heavy atom. The molecule has 4 nitrogen and oxygen atoms in total. The number of anilines is 1. The molecule has 1 aromatic rings. The van der Waals surface area contributed by atoms with Gasteiger partial charge < -0.3 is 0 Å². The molecule has 0 aromatic heterocycles. The fourth-order valence-corrected chi connectivity index (χ4v) is 2.08. The lowest BCUT2D eigenvalue weighted by Gasteiger charge is -2.27. The number of imide groups is 1. The van der Waals surface area contributed by atoms with E-state index in [1.165, 1.54) is 4.90 Å². The molecule has 1 aromatic carbocycles. The van der Waals surface area contributed by atoms with Gasteiger partial charge in [-0.05, 0) is 28.1 Å². The van der Waals surface area contributed by atoms with E-state index in [9.17, 15) is 9.59 Å². The Kier molecular flexibility index (Phi) is 3.16. The quantitative estimate of drug-likeness (QED) is 0.867. The summed E-state index contributed by atoms with van der Waals surface area (Å²) < 4.78 is 0.719. The van der Waals surface area contributed by atoms with Crippen molar-refractivity contribution in [2.24, 2.45) is 0 Å². The predicted octanol–water partition coefficient (Wildman–Crippen LogP) is 2.55. The van der Waals surface area contributed by atoms with Gasteiger partial charge in [-0.25, -0.2) is 4.79 Å². The molecule has 0 spiro atoms. The topological polar surface area (TPSA) is 49.4 Å². The number of rotatable bonds is 1. The van der Waals surface area contributed by atoms with Gasteiger partial charge in [0.1, 0.15) is 0 Å². The van der Waals surface area contributed by atoms with Crippen molar-refractivity contribution in [2.75, 3.05) is 11.4 Å². The van der Waals surface area contributed by atoms with E-state index in [4.69, 9.17) is 11.6 Å². The van der Waals surface area contributed by atoms with Crippen molar-refractivity contribution in [2.45, 2.75) is 6.42 Å². The van der Waals surface area contributed by atoms with Crippen LogP contribution >= 0.6 is 27.5 Å². The average Bonchev–Trinajstić information content (AvgIpc) is 2.23. The van der Waals surface area contributed by atoms with Gasteiger partial charge in [-0.3, -0.25) is 15.0 Å². The van der Waals surface area contributed by atoms with Crippen molar-refractivity contribution in [3.63, 3.8) is 0 Å². The molecule has 2 rings (SSSR count). The van der Waals surface area contributed by atoms with E-state index < -0.39 is 6.03 Å². The maximum absolute atomic E-state index is 11.6. The second-order valence-corrected chi connectivity index (χ2v) is 4.56. The maximum Gasteiger partial charge on any atom is 0.328 e. The molecular weight excluding hydrogens is 295 g/mol. The lowest BCUT2D eigenvalue weighted by atomic mass is 10.2. The number of carbonyl (C=O) groups excluding carboxylic acids is 2. The third kappa shape index (κ3) is 2.05. The molecule has 6 heteroatoms. The molecule has 1 heterocycles. The highest BCUT2D eigenvalue weighted by Gasteiger charge is 2.25. The van der Waals surface area contributed by atoms with Gasteiger partial charge in [0.2, 0.25) is 5.91 Å². The van der Waals surface area contributed by atoms with Gasteiger partial charge in [0.05, 0.1) is 10.7 Å². The zero-order valence-corrected chi connectivity index (χ0v) is 10.5. The van der Waals surface area contributed by atoms with Gasteiger partial charge >= 0.3 is 6.03 Å². The number of amides is 3. The molecule has 0 saturated carbocycles. The molecule has 0 radical (unpaired) electrons. The van der Waals surface area contributed by atoms with Crippen LogP contribution in [-0.4, -0.2) is 18.5 Å². The van der Waals surface area contributed by atoms with Gasteiger partial charge in [0.25, 0.3) is 0 Å². The van der Waals surface area contributed by atoms with Crippen LogP contribution in [0, 0.1) is 0 Å². The lowest BCUT2D eigenvalue weighted by molar-refractivity contribution is -0.120. The summed E-state index contributed by atoms with van der Waals surface area (Å²) in [7, 11) is 0. The van der Waals surface area contributed by atoms with E-state index in [0.717, 1.165) is 4.47 Å². The first-order valence-corrected chi connectivity index (χ1v) is 5.82. The summed E-state index contributed by atoms with van der Waals surface area (Å²) >= 11 is 9.36. The molecule has 1 aliphatic heterocycles. The van der Waals surface area contributed by atoms with Gasteiger partial charge in [0.15, 0.2) is 0 Å². The van der Waals surface area contributed by atoms with Crippen molar-refractivity contribution < 1.29 is 9.59 Å². The first-order valence-electron chi connectivity index (χ1n) is 4.65. The Morgan fingerprint density at radius 3 is 2.81 bits per heavy atom. The molecule has 84 valence electrons. The van der Waals surface area contributed by atoms with Crippen molar-refractivity contribution in [1.82, 2.24) is 5.32 Å². The Balaban J connectivity index is 2.34. The monoisotopic (exact) mass is 302 g/mol. The number of carbonyl (C=O) groups is 2. The predicted molar refractivity (Wildman–Crippen MR) is 64.7 cm³/mol. The average molecular weight is 304 g/mol. The molecule has 1 N–H and O–H groups in total. The van der Waals surface area contributed by atoms with Crippen LogP contribution in [-0.2, 0) is 4.79 Å². The van der Waals surface area contributed by atoms with Crippen LogP contribution in [0.15, 0.2) is 22.7 Å². The fraction of sp³-hybridized carbons (Fsp3) is 0.200. The highest BCUT2D eigenvalue weighted by atomic mass is 79.9. The van der Waals surface area contributed by atoms with E-state index in [1.54, 1.807) is 18.2 Å². The Hall–Kier alpha value is -1.07. The smallest absolute Gasteiger partial charge is 0.292 e. The highest BCUT2D eigenvalue weighted by molar-refractivity contribution is 9.10. The molecule has 0 atom stereocenters. The SMILES string of the molecule is O=C1CCN(c2cccc(Br)c2Cl)C(=O)N1. The summed E-state index contributed by atoms with van der Waals surface area (Å²) in [6.45, 7) is 0.348. The van der Waals surface area contributed by atoms with Crippen molar-refractivity contribution in [3.05, 3.63) is 27.7 Å². The molecule has 1 saturated heterocycles. The number of hydrogen-bond donors (Lipinski definition) is 1. The van der Waals surface area contributed by atoms with Crippen LogP contribution in [0.25, 0.3) is 0 Å². The minimum Gasteiger partial charge on any atom is -0.292 e. The molecule has 3 amide bonds. The number of nitrogens with zero attached hydrogens (tertiary/aromatic N) is 1. The zero-order chi connectivity index (χ0) is 11.7. The van der Waals surface area contributed by atoms with Crippen LogP contribution in [0.2, 0.25) is 5.02 Å². The first kappa shape index (κ1) is 11.4. The molecule has 0 unspecified atom stereocenters. The van der Waals surface area contributed by atoms with Crippen molar-refractivity contribution in [3.8, 4) is 0 Å². The molecule has 0 aliphatic carbocycles. The number of halogens is 2. The van der Waals surface area contributed by atoms with E-state index >= 15 is 0 Å². The highest BCUT2D eigenvalue weighted by Crippen LogP contribution is 2.33. The van der Waals surface area contributed by atoms with Crippen LogP contribution in [0.4, 0.5) is 10.5 Å². The standard InChI is InChI=1S/C10H8BrClN2O2/c11-6-2-1-3-7(9(6)12)14-5-4-8(15)13-10(14)16/h1-3H,4-5H2,(H,13,15,16).